The van der Waals surface area contributed by atoms with Gasteiger partial charge in [0, 0.05) is 59.4 Å². The Bertz CT molecular complexity index is 2440. The van der Waals surface area contributed by atoms with Gasteiger partial charge in [0.05, 0.1) is 28.6 Å². The summed E-state index contributed by atoms with van der Waals surface area (Å²) in [5, 5.41) is 20.4. The number of carbonyl (C=O) groups is 1. The van der Waals surface area contributed by atoms with Crippen molar-refractivity contribution in [1.29, 1.82) is 0 Å². The molecule has 4 heterocycles. The van der Waals surface area contributed by atoms with Crippen molar-refractivity contribution in [3.63, 3.8) is 0 Å². The first-order valence-electron chi connectivity index (χ1n) is 20.9. The number of fused-ring (bicyclic) bond motifs is 3. The zero-order chi connectivity index (χ0) is 40.5. The number of anilines is 2. The molecule has 0 amide bonds. The van der Waals surface area contributed by atoms with Crippen LogP contribution in [0.5, 0.6) is 0 Å². The molecule has 4 fully saturated rings. The van der Waals surface area contributed by atoms with Gasteiger partial charge in [0.25, 0.3) is 0 Å². The second-order valence-corrected chi connectivity index (χ2v) is 20.7. The van der Waals surface area contributed by atoms with Crippen LogP contribution in [0, 0.1) is 28.6 Å². The van der Waals surface area contributed by atoms with Crippen molar-refractivity contribution in [1.82, 2.24) is 19.7 Å². The van der Waals surface area contributed by atoms with Crippen LogP contribution in [0.1, 0.15) is 106 Å². The van der Waals surface area contributed by atoms with E-state index in [4.69, 9.17) is 25.3 Å². The molecule has 4 N–H and O–H groups in total. The Morgan fingerprint density at radius 3 is 2.62 bits per heavy atom. The molecule has 58 heavy (non-hydrogen) atoms. The SMILES string of the molecule is Cc1c(-c2ccc(N3CCc4cccc(C(O)Nc5nc6ccccc6s5)c4C3)nc2C(=O)OC(C)(C)C)cnn1CC12CC3(C)CC4(C)CC(OCCN)(C1)C32C4. The average molecular weight is 802 g/mol. The maximum atomic E-state index is 14.1. The van der Waals surface area contributed by atoms with E-state index in [0.717, 1.165) is 58.4 Å². The Kier molecular flexibility index (Phi) is 8.37. The smallest absolute Gasteiger partial charge is 0.358 e. The van der Waals surface area contributed by atoms with E-state index in [9.17, 15) is 9.90 Å². The predicted molar refractivity (Wildman–Crippen MR) is 227 cm³/mol. The van der Waals surface area contributed by atoms with E-state index in [1.54, 1.807) is 0 Å². The van der Waals surface area contributed by atoms with E-state index in [2.05, 4.69) is 46.7 Å². The number of aliphatic hydroxyl groups excluding tert-OH is 1. The van der Waals surface area contributed by atoms with Crippen LogP contribution in [0.4, 0.5) is 10.9 Å². The summed E-state index contributed by atoms with van der Waals surface area (Å²) in [7, 11) is 0. The number of rotatable bonds is 11. The normalized spacial score (nSPS) is 29.8. The number of nitrogens with zero attached hydrogens (tertiary/aromatic N) is 5. The van der Waals surface area contributed by atoms with Crippen molar-refractivity contribution in [3.8, 4) is 11.1 Å². The Hall–Kier alpha value is -4.36. The lowest BCUT2D eigenvalue weighted by molar-refractivity contribution is -0.397. The number of benzene rings is 2. The number of pyridine rings is 1. The highest BCUT2D eigenvalue weighted by atomic mass is 32.1. The summed E-state index contributed by atoms with van der Waals surface area (Å²) in [5.74, 6) is 0.221. The predicted octanol–water partition coefficient (Wildman–Crippen LogP) is 8.19. The van der Waals surface area contributed by atoms with Crippen LogP contribution in [0.25, 0.3) is 21.3 Å². The highest BCUT2D eigenvalue weighted by Gasteiger charge is 2.93. The van der Waals surface area contributed by atoms with E-state index >= 15 is 0 Å². The van der Waals surface area contributed by atoms with Crippen LogP contribution in [-0.2, 0) is 29.0 Å². The zero-order valence-electron chi connectivity index (χ0n) is 34.5. The fourth-order valence-corrected chi connectivity index (χ4v) is 14.1. The molecule has 3 aromatic heterocycles. The van der Waals surface area contributed by atoms with E-state index in [1.807, 2.05) is 75.5 Å². The molecule has 11 nitrogen and oxygen atoms in total. The molecule has 4 aliphatic carbocycles. The maximum absolute atomic E-state index is 14.1. The number of nitrogens with one attached hydrogen (secondary N) is 1. The van der Waals surface area contributed by atoms with Gasteiger partial charge in [-0.3, -0.25) is 4.68 Å². The first-order chi connectivity index (χ1) is 27.6. The maximum Gasteiger partial charge on any atom is 0.358 e. The van der Waals surface area contributed by atoms with Crippen LogP contribution in [0.15, 0.2) is 60.8 Å². The number of carbonyl (C=O) groups excluding carboxylic acids is 1. The van der Waals surface area contributed by atoms with Gasteiger partial charge < -0.3 is 30.5 Å². The summed E-state index contributed by atoms with van der Waals surface area (Å²) in [4.78, 5) is 26.0. The molecular weight excluding hydrogens is 747 g/mol. The average Bonchev–Trinajstić information content (AvgIpc) is 3.87. The van der Waals surface area contributed by atoms with Gasteiger partial charge in [-0.1, -0.05) is 55.5 Å². The summed E-state index contributed by atoms with van der Waals surface area (Å²) in [6.45, 7) is 16.0. The van der Waals surface area contributed by atoms with E-state index < -0.39 is 17.8 Å². The number of nitrogens with two attached hydrogens (primary N) is 1. The van der Waals surface area contributed by atoms with Gasteiger partial charge in [-0.15, -0.1) is 0 Å². The number of ether oxygens (including phenoxy) is 2. The van der Waals surface area contributed by atoms with Crippen LogP contribution in [0.3, 0.4) is 0 Å². The molecule has 4 saturated carbocycles. The highest BCUT2D eigenvalue weighted by Crippen LogP contribution is 2.96. The van der Waals surface area contributed by atoms with Crippen molar-refractivity contribution in [3.05, 3.63) is 88.9 Å². The summed E-state index contributed by atoms with van der Waals surface area (Å²) < 4.78 is 16.0. The molecule has 0 radical (unpaired) electrons. The minimum atomic E-state index is -0.947. The Labute approximate surface area is 344 Å². The standard InChI is InChI=1S/C46H55N7O4S/c1-28-32(20-48-53(28)27-44-25-43(6)22-42(5)23-45(26-44,56-19-17-47)46(43,44)24-42)30-14-15-36(50-37(30)39(55)57-41(2,3)4)52-18-16-29-10-9-11-31(33(29)21-52)38(54)51-40-49-34-12-7-8-13-35(34)58-40/h7-15,20,38,54H,16-19,21-27,47H2,1-6H3,(H,49,51). The molecule has 5 aliphatic rings. The van der Waals surface area contributed by atoms with Crippen LogP contribution in [-0.4, -0.2) is 61.7 Å². The minimum absolute atomic E-state index is 0.0827. The summed E-state index contributed by atoms with van der Waals surface area (Å²) in [5.41, 5.74) is 12.9. The van der Waals surface area contributed by atoms with Crippen molar-refractivity contribution < 1.29 is 19.4 Å². The molecule has 6 atom stereocenters. The molecule has 6 unspecified atom stereocenters. The topological polar surface area (TPSA) is 141 Å². The molecule has 1 aliphatic heterocycles. The van der Waals surface area contributed by atoms with Gasteiger partial charge in [-0.05, 0) is 112 Å². The third-order valence-electron chi connectivity index (χ3n) is 14.6. The molecule has 5 aromatic rings. The number of thiazole rings is 1. The van der Waals surface area contributed by atoms with E-state index in [1.165, 1.54) is 36.2 Å². The summed E-state index contributed by atoms with van der Waals surface area (Å²) in [6.07, 6.45) is 7.57. The monoisotopic (exact) mass is 801 g/mol. The van der Waals surface area contributed by atoms with Crippen LogP contribution in [0.2, 0.25) is 0 Å². The summed E-state index contributed by atoms with van der Waals surface area (Å²) >= 11 is 1.52. The molecule has 2 bridgehead atoms. The van der Waals surface area contributed by atoms with E-state index in [-0.39, 0.29) is 27.5 Å². The Morgan fingerprint density at radius 2 is 1.84 bits per heavy atom. The lowest BCUT2D eigenvalue weighted by atomic mass is 9.23. The first-order valence-corrected chi connectivity index (χ1v) is 21.7. The van der Waals surface area contributed by atoms with Gasteiger partial charge in [-0.2, -0.15) is 5.10 Å². The molecule has 1 spiro atoms. The van der Waals surface area contributed by atoms with Crippen LogP contribution < -0.4 is 16.0 Å². The third-order valence-corrected chi connectivity index (χ3v) is 15.6. The van der Waals surface area contributed by atoms with Crippen molar-refractivity contribution in [2.45, 2.75) is 111 Å². The lowest BCUT2D eigenvalue weighted by Gasteiger charge is -2.83. The van der Waals surface area contributed by atoms with Gasteiger partial charge in [-0.25, -0.2) is 14.8 Å². The lowest BCUT2D eigenvalue weighted by Crippen LogP contribution is -2.83. The number of hydrogen-bond acceptors (Lipinski definition) is 11. The fraction of sp³-hybridized carbons (Fsp3) is 0.522. The van der Waals surface area contributed by atoms with Crippen molar-refractivity contribution >= 4 is 38.5 Å². The first kappa shape index (κ1) is 37.9. The molecular formula is C46H55N7O4S. The Morgan fingerprint density at radius 1 is 1.02 bits per heavy atom. The van der Waals surface area contributed by atoms with Gasteiger partial charge in [0.1, 0.15) is 11.4 Å². The zero-order valence-corrected chi connectivity index (χ0v) is 35.3. The third kappa shape index (κ3) is 5.47. The van der Waals surface area contributed by atoms with Crippen molar-refractivity contribution in [2.24, 2.45) is 27.4 Å². The second kappa shape index (κ2) is 12.8. The number of aromatic nitrogens is 4. The number of para-hydroxylation sites is 1. The highest BCUT2D eigenvalue weighted by molar-refractivity contribution is 7.22. The molecule has 304 valence electrons. The largest absolute Gasteiger partial charge is 0.455 e. The second-order valence-electron chi connectivity index (χ2n) is 19.6. The Balaban J connectivity index is 0.941. The van der Waals surface area contributed by atoms with Crippen LogP contribution >= 0.6 is 11.3 Å². The van der Waals surface area contributed by atoms with Gasteiger partial charge in [0.15, 0.2) is 17.1 Å². The molecule has 10 rings (SSSR count). The van der Waals surface area contributed by atoms with E-state index in [0.29, 0.717) is 48.2 Å². The fourth-order valence-electron chi connectivity index (χ4n) is 13.3. The quantitative estimate of drug-likeness (QED) is 0.0885. The number of hydrogen-bond donors (Lipinski definition) is 3. The number of esters is 1. The van der Waals surface area contributed by atoms with Gasteiger partial charge >= 0.3 is 5.97 Å². The van der Waals surface area contributed by atoms with Crippen molar-refractivity contribution in [2.75, 3.05) is 29.9 Å². The molecule has 12 heteroatoms. The molecule has 2 aromatic carbocycles. The molecule has 0 saturated heterocycles. The number of aliphatic hydroxyl groups is 1. The minimum Gasteiger partial charge on any atom is -0.455 e. The summed E-state index contributed by atoms with van der Waals surface area (Å²) in [6, 6.07) is 18.1. The van der Waals surface area contributed by atoms with Gasteiger partial charge in [0.2, 0.25) is 0 Å².